The fraction of sp³-hybridized carbons (Fsp3) is 0.258. The molecule has 192 valence electrons. The summed E-state index contributed by atoms with van der Waals surface area (Å²) in [6.45, 7) is 6.41. The molecule has 0 saturated carbocycles. The number of halogens is 1. The summed E-state index contributed by atoms with van der Waals surface area (Å²) in [7, 11) is 0. The number of fused-ring (bicyclic) bond motifs is 5. The molecule has 0 radical (unpaired) electrons. The zero-order valence-corrected chi connectivity index (χ0v) is 22.3. The molecule has 4 aromatic rings. The molecule has 7 heteroatoms. The molecular weight excluding hydrogens is 500 g/mol. The number of aryl methyl sites for hydroxylation is 2. The third kappa shape index (κ3) is 3.23. The summed E-state index contributed by atoms with van der Waals surface area (Å²) in [6.07, 6.45) is 1.49. The molecule has 0 fully saturated rings. The molecule has 0 aliphatic carbocycles. The molecule has 0 N–H and O–H groups in total. The summed E-state index contributed by atoms with van der Waals surface area (Å²) in [4.78, 5) is 46.1. The molecule has 2 aliphatic heterocycles. The number of benzene rings is 3. The van der Waals surface area contributed by atoms with Crippen LogP contribution >= 0.6 is 11.6 Å². The van der Waals surface area contributed by atoms with Crippen LogP contribution in [0.2, 0.25) is 5.02 Å². The van der Waals surface area contributed by atoms with E-state index in [-0.39, 0.29) is 29.2 Å². The van der Waals surface area contributed by atoms with E-state index >= 15 is 0 Å². The van der Waals surface area contributed by atoms with Crippen LogP contribution in [0.25, 0.3) is 11.0 Å². The first-order valence-corrected chi connectivity index (χ1v) is 13.2. The number of hydrogen-bond donors (Lipinski definition) is 0. The van der Waals surface area contributed by atoms with Crippen LogP contribution in [0.1, 0.15) is 58.1 Å². The highest BCUT2D eigenvalue weighted by Crippen LogP contribution is 2.53. The minimum atomic E-state index is -1.60. The van der Waals surface area contributed by atoms with Gasteiger partial charge < -0.3 is 14.2 Å². The molecule has 38 heavy (non-hydrogen) atoms. The molecule has 1 spiro atoms. The van der Waals surface area contributed by atoms with Gasteiger partial charge in [0.15, 0.2) is 11.0 Å². The van der Waals surface area contributed by atoms with Crippen LogP contribution in [0.5, 0.6) is 0 Å². The normalized spacial score (nSPS) is 18.1. The van der Waals surface area contributed by atoms with Gasteiger partial charge in [-0.2, -0.15) is 0 Å². The Morgan fingerprint density at radius 1 is 0.947 bits per heavy atom. The molecular formula is C31H27ClN2O4. The van der Waals surface area contributed by atoms with Gasteiger partial charge in [0.05, 0.1) is 23.2 Å². The lowest BCUT2D eigenvalue weighted by Gasteiger charge is -2.34. The van der Waals surface area contributed by atoms with Crippen molar-refractivity contribution in [3.05, 3.63) is 109 Å². The van der Waals surface area contributed by atoms with Gasteiger partial charge in [-0.1, -0.05) is 61.3 Å². The van der Waals surface area contributed by atoms with Gasteiger partial charge in [0.1, 0.15) is 5.58 Å². The quantitative estimate of drug-likeness (QED) is 0.314. The van der Waals surface area contributed by atoms with Gasteiger partial charge >= 0.3 is 0 Å². The SMILES string of the molecule is CCCCN1C(=O)c2oc3cc(C)c(C)cc3c(=O)c2C12C(=O)N(Cc1ccccc1Cl)c1ccccc12. The average molecular weight is 527 g/mol. The van der Waals surface area contributed by atoms with Gasteiger partial charge in [-0.25, -0.2) is 0 Å². The lowest BCUT2D eigenvalue weighted by molar-refractivity contribution is -0.126. The van der Waals surface area contributed by atoms with Crippen LogP contribution in [0, 0.1) is 13.8 Å². The van der Waals surface area contributed by atoms with Crippen molar-refractivity contribution in [1.29, 1.82) is 0 Å². The third-order valence-corrected chi connectivity index (χ3v) is 8.24. The van der Waals surface area contributed by atoms with E-state index in [1.807, 2.05) is 63.2 Å². The number of amides is 2. The Hall–Kier alpha value is -3.90. The molecule has 1 aromatic heterocycles. The topological polar surface area (TPSA) is 70.8 Å². The van der Waals surface area contributed by atoms with E-state index < -0.39 is 11.4 Å². The van der Waals surface area contributed by atoms with Gasteiger partial charge in [-0.15, -0.1) is 0 Å². The van der Waals surface area contributed by atoms with Crippen molar-refractivity contribution >= 4 is 40.1 Å². The number of unbranched alkanes of at least 4 members (excludes halogenated alkanes) is 1. The van der Waals surface area contributed by atoms with E-state index in [1.165, 1.54) is 0 Å². The van der Waals surface area contributed by atoms with Crippen LogP contribution in [0.3, 0.4) is 0 Å². The highest BCUT2D eigenvalue weighted by atomic mass is 35.5. The van der Waals surface area contributed by atoms with Crippen LogP contribution < -0.4 is 10.3 Å². The number of para-hydroxylation sites is 1. The number of carbonyl (C=O) groups is 2. The van der Waals surface area contributed by atoms with Gasteiger partial charge in [0.2, 0.25) is 5.76 Å². The van der Waals surface area contributed by atoms with Crippen molar-refractivity contribution in [2.24, 2.45) is 0 Å². The largest absolute Gasteiger partial charge is 0.450 e. The molecule has 1 atom stereocenters. The molecule has 0 bridgehead atoms. The highest BCUT2D eigenvalue weighted by Gasteiger charge is 2.64. The first kappa shape index (κ1) is 24.4. The Morgan fingerprint density at radius 2 is 1.66 bits per heavy atom. The van der Waals surface area contributed by atoms with Crippen LogP contribution in [-0.2, 0) is 16.9 Å². The second kappa shape index (κ2) is 8.84. The molecule has 3 heterocycles. The van der Waals surface area contributed by atoms with Crippen molar-refractivity contribution in [2.45, 2.75) is 45.7 Å². The Balaban J connectivity index is 1.66. The number of hydrogen-bond acceptors (Lipinski definition) is 4. The van der Waals surface area contributed by atoms with Gasteiger partial charge in [0, 0.05) is 17.1 Å². The van der Waals surface area contributed by atoms with E-state index in [1.54, 1.807) is 28.0 Å². The predicted octanol–water partition coefficient (Wildman–Crippen LogP) is 6.11. The number of anilines is 1. The fourth-order valence-corrected chi connectivity index (χ4v) is 6.01. The van der Waals surface area contributed by atoms with Crippen LogP contribution in [-0.4, -0.2) is 23.3 Å². The van der Waals surface area contributed by atoms with E-state index in [9.17, 15) is 14.4 Å². The smallest absolute Gasteiger partial charge is 0.291 e. The maximum absolute atomic E-state index is 14.7. The summed E-state index contributed by atoms with van der Waals surface area (Å²) in [5.41, 5.74) is 2.43. The third-order valence-electron chi connectivity index (χ3n) is 7.87. The molecule has 1 unspecified atom stereocenters. The van der Waals surface area contributed by atoms with E-state index in [0.29, 0.717) is 40.2 Å². The highest BCUT2D eigenvalue weighted by molar-refractivity contribution is 6.31. The number of rotatable bonds is 5. The molecule has 2 amide bonds. The average Bonchev–Trinajstić information content (AvgIpc) is 3.30. The summed E-state index contributed by atoms with van der Waals surface area (Å²) in [5, 5.41) is 0.909. The van der Waals surface area contributed by atoms with Crippen molar-refractivity contribution in [3.8, 4) is 0 Å². The zero-order valence-electron chi connectivity index (χ0n) is 21.5. The molecule has 2 aliphatic rings. The summed E-state index contributed by atoms with van der Waals surface area (Å²) in [5.74, 6) is -0.838. The maximum atomic E-state index is 14.7. The Bertz CT molecular complexity index is 1710. The first-order valence-electron chi connectivity index (χ1n) is 12.9. The van der Waals surface area contributed by atoms with Crippen molar-refractivity contribution in [1.82, 2.24) is 4.90 Å². The fourth-order valence-electron chi connectivity index (χ4n) is 5.82. The number of carbonyl (C=O) groups excluding carboxylic acids is 2. The van der Waals surface area contributed by atoms with E-state index in [2.05, 4.69) is 0 Å². The molecule has 6 nitrogen and oxygen atoms in total. The lowest BCUT2D eigenvalue weighted by Crippen LogP contribution is -2.53. The monoisotopic (exact) mass is 526 g/mol. The van der Waals surface area contributed by atoms with Gasteiger partial charge in [0.25, 0.3) is 11.8 Å². The Labute approximate surface area is 225 Å². The summed E-state index contributed by atoms with van der Waals surface area (Å²) < 4.78 is 6.18. The first-order chi connectivity index (χ1) is 18.3. The maximum Gasteiger partial charge on any atom is 0.291 e. The van der Waals surface area contributed by atoms with Crippen LogP contribution in [0.4, 0.5) is 5.69 Å². The minimum absolute atomic E-state index is 0.0513. The second-order valence-corrected chi connectivity index (χ2v) is 10.5. The number of nitrogens with zero attached hydrogens (tertiary/aromatic N) is 2. The van der Waals surface area contributed by atoms with Crippen molar-refractivity contribution in [2.75, 3.05) is 11.4 Å². The summed E-state index contributed by atoms with van der Waals surface area (Å²) >= 11 is 6.48. The molecule has 3 aromatic carbocycles. The standard InChI is InChI=1S/C31H27ClN2O4/c1-4-5-14-34-29(36)28-26(27(35)21-15-18(2)19(3)16-25(21)38-28)31(34)22-11-7-9-13-24(22)33(30(31)37)17-20-10-6-8-12-23(20)32/h6-13,15-16H,4-5,14,17H2,1-3H3. The van der Waals surface area contributed by atoms with Gasteiger partial charge in [-0.05, 0) is 61.2 Å². The van der Waals surface area contributed by atoms with Gasteiger partial charge in [-0.3, -0.25) is 14.4 Å². The second-order valence-electron chi connectivity index (χ2n) is 10.1. The predicted molar refractivity (Wildman–Crippen MR) is 148 cm³/mol. The zero-order chi connectivity index (χ0) is 26.8. The molecule has 0 saturated heterocycles. The minimum Gasteiger partial charge on any atom is -0.450 e. The van der Waals surface area contributed by atoms with E-state index in [0.717, 1.165) is 23.1 Å². The Morgan fingerprint density at radius 3 is 2.42 bits per heavy atom. The lowest BCUT2D eigenvalue weighted by atomic mass is 9.83. The van der Waals surface area contributed by atoms with E-state index in [4.69, 9.17) is 16.0 Å². The summed E-state index contributed by atoms with van der Waals surface area (Å²) in [6, 6.07) is 18.3. The van der Waals surface area contributed by atoms with Crippen molar-refractivity contribution in [3.63, 3.8) is 0 Å². The van der Waals surface area contributed by atoms with Crippen molar-refractivity contribution < 1.29 is 14.0 Å². The van der Waals surface area contributed by atoms with Crippen LogP contribution in [0.15, 0.2) is 69.9 Å². The Kier molecular flexibility index (Phi) is 5.69. The molecule has 6 rings (SSSR count).